The maximum atomic E-state index is 13.0. The van der Waals surface area contributed by atoms with Crippen molar-refractivity contribution in [2.24, 2.45) is 0 Å². The van der Waals surface area contributed by atoms with Gasteiger partial charge in [-0.25, -0.2) is 4.39 Å². The lowest BCUT2D eigenvalue weighted by molar-refractivity contribution is 0.0975. The van der Waals surface area contributed by atoms with Crippen LogP contribution in [0.1, 0.15) is 40.7 Å². The van der Waals surface area contributed by atoms with Crippen LogP contribution in [0.15, 0.2) is 54.9 Å². The number of aliphatic hydroxyl groups excluding tert-OH is 1. The van der Waals surface area contributed by atoms with Crippen molar-refractivity contribution >= 4 is 5.78 Å². The summed E-state index contributed by atoms with van der Waals surface area (Å²) in [6.07, 6.45) is 3.74. The van der Waals surface area contributed by atoms with Crippen molar-refractivity contribution in [3.05, 3.63) is 77.4 Å². The molecule has 0 unspecified atom stereocenters. The van der Waals surface area contributed by atoms with E-state index >= 15 is 0 Å². The van der Waals surface area contributed by atoms with E-state index in [2.05, 4.69) is 10.2 Å². The number of hydrogen-bond acceptors (Lipinski definition) is 3. The summed E-state index contributed by atoms with van der Waals surface area (Å²) >= 11 is 0. The molecular weight excluding hydrogens is 319 g/mol. The third kappa shape index (κ3) is 3.83. The summed E-state index contributed by atoms with van der Waals surface area (Å²) in [6.45, 7) is 1.78. The number of aromatic amines is 1. The fourth-order valence-corrected chi connectivity index (χ4v) is 2.88. The molecule has 2 N–H and O–H groups in total. The van der Waals surface area contributed by atoms with Crippen molar-refractivity contribution in [2.75, 3.05) is 0 Å². The monoisotopic (exact) mass is 338 g/mol. The molecule has 1 aromatic heterocycles. The fourth-order valence-electron chi connectivity index (χ4n) is 2.88. The lowest BCUT2D eigenvalue weighted by Crippen LogP contribution is -2.06. The average Bonchev–Trinajstić information content (AvgIpc) is 3.16. The minimum atomic E-state index is -0.287. The molecule has 3 aromatic rings. The topological polar surface area (TPSA) is 66.0 Å². The van der Waals surface area contributed by atoms with E-state index in [-0.39, 0.29) is 24.1 Å². The number of nitrogens with one attached hydrogen (secondary N) is 1. The van der Waals surface area contributed by atoms with Crippen LogP contribution in [0.3, 0.4) is 0 Å². The van der Waals surface area contributed by atoms with Gasteiger partial charge in [0.1, 0.15) is 5.82 Å². The van der Waals surface area contributed by atoms with Crippen LogP contribution in [0.4, 0.5) is 4.39 Å². The number of halogens is 1. The van der Waals surface area contributed by atoms with Gasteiger partial charge in [0.15, 0.2) is 5.78 Å². The van der Waals surface area contributed by atoms with Crippen LogP contribution in [0.25, 0.3) is 11.1 Å². The quantitative estimate of drug-likeness (QED) is 0.666. The molecule has 0 fully saturated rings. The smallest absolute Gasteiger partial charge is 0.163 e. The van der Waals surface area contributed by atoms with Crippen molar-refractivity contribution in [1.82, 2.24) is 10.2 Å². The number of Topliss-reactive ketones (excluding diaryl/α,β-unsaturated/α-hetero) is 1. The SMILES string of the molecule is C[C@@H](CC(=O)c1ccc(-c2cn[nH]c2)c(CO)c1)c1ccc(F)cc1. The first kappa shape index (κ1) is 17.0. The van der Waals surface area contributed by atoms with Gasteiger partial charge in [0.25, 0.3) is 0 Å². The Hall–Kier alpha value is -2.79. The summed E-state index contributed by atoms with van der Waals surface area (Å²) in [5.74, 6) is -0.311. The molecule has 0 spiro atoms. The lowest BCUT2D eigenvalue weighted by atomic mass is 9.91. The zero-order valence-electron chi connectivity index (χ0n) is 13.9. The second-order valence-corrected chi connectivity index (χ2v) is 6.10. The molecule has 0 saturated heterocycles. The van der Waals surface area contributed by atoms with Crippen LogP contribution < -0.4 is 0 Å². The molecule has 0 bridgehead atoms. The third-order valence-corrected chi connectivity index (χ3v) is 4.34. The van der Waals surface area contributed by atoms with E-state index in [9.17, 15) is 14.3 Å². The van der Waals surface area contributed by atoms with Crippen molar-refractivity contribution < 1.29 is 14.3 Å². The normalized spacial score (nSPS) is 12.1. The van der Waals surface area contributed by atoms with Crippen LogP contribution in [0.5, 0.6) is 0 Å². The maximum absolute atomic E-state index is 13.0. The molecule has 0 aliphatic rings. The van der Waals surface area contributed by atoms with Gasteiger partial charge >= 0.3 is 0 Å². The van der Waals surface area contributed by atoms with Gasteiger partial charge in [0, 0.05) is 23.7 Å². The Morgan fingerprint density at radius 1 is 1.24 bits per heavy atom. The number of benzene rings is 2. The lowest BCUT2D eigenvalue weighted by Gasteiger charge is -2.13. The largest absolute Gasteiger partial charge is 0.392 e. The van der Waals surface area contributed by atoms with Crippen LogP contribution in [-0.4, -0.2) is 21.1 Å². The van der Waals surface area contributed by atoms with E-state index in [1.165, 1.54) is 12.1 Å². The minimum Gasteiger partial charge on any atom is -0.392 e. The average molecular weight is 338 g/mol. The van der Waals surface area contributed by atoms with E-state index in [0.29, 0.717) is 17.5 Å². The summed E-state index contributed by atoms with van der Waals surface area (Å²) in [6, 6.07) is 11.5. The Morgan fingerprint density at radius 2 is 2.00 bits per heavy atom. The van der Waals surface area contributed by atoms with Gasteiger partial charge in [-0.2, -0.15) is 5.10 Å². The summed E-state index contributed by atoms with van der Waals surface area (Å²) in [5, 5.41) is 16.3. The third-order valence-electron chi connectivity index (χ3n) is 4.34. The molecule has 0 radical (unpaired) electrons. The van der Waals surface area contributed by atoms with Gasteiger partial charge in [-0.1, -0.05) is 31.2 Å². The molecule has 1 atom stereocenters. The molecule has 3 rings (SSSR count). The molecule has 0 aliphatic carbocycles. The molecule has 1 heterocycles. The molecule has 5 heteroatoms. The standard InChI is InChI=1S/C20H19FN2O2/c1-13(14-2-5-18(21)6-3-14)8-20(25)15-4-7-19(16(9-15)12-24)17-10-22-23-11-17/h2-7,9-11,13,24H,8,12H2,1H3,(H,22,23)/t13-/m0/s1. The van der Waals surface area contributed by atoms with E-state index in [4.69, 9.17) is 0 Å². The Balaban J connectivity index is 1.79. The molecule has 25 heavy (non-hydrogen) atoms. The Labute approximate surface area is 145 Å². The van der Waals surface area contributed by atoms with Gasteiger partial charge in [-0.15, -0.1) is 0 Å². The van der Waals surface area contributed by atoms with E-state index in [1.54, 1.807) is 36.7 Å². The first-order chi connectivity index (χ1) is 12.1. The van der Waals surface area contributed by atoms with Gasteiger partial charge in [0.2, 0.25) is 0 Å². The van der Waals surface area contributed by atoms with Crippen LogP contribution in [-0.2, 0) is 6.61 Å². The van der Waals surface area contributed by atoms with Crippen molar-refractivity contribution in [1.29, 1.82) is 0 Å². The number of ketones is 1. The number of aliphatic hydroxyl groups is 1. The molecule has 2 aromatic carbocycles. The number of aromatic nitrogens is 2. The molecule has 128 valence electrons. The number of hydrogen-bond donors (Lipinski definition) is 2. The highest BCUT2D eigenvalue weighted by Crippen LogP contribution is 2.26. The molecule has 0 saturated carbocycles. The van der Waals surface area contributed by atoms with Crippen LogP contribution >= 0.6 is 0 Å². The van der Waals surface area contributed by atoms with Crippen LogP contribution in [0, 0.1) is 5.82 Å². The van der Waals surface area contributed by atoms with E-state index in [0.717, 1.165) is 16.7 Å². The van der Waals surface area contributed by atoms with Crippen molar-refractivity contribution in [2.45, 2.75) is 25.9 Å². The number of carbonyl (C=O) groups excluding carboxylic acids is 1. The zero-order chi connectivity index (χ0) is 17.8. The first-order valence-corrected chi connectivity index (χ1v) is 8.10. The highest BCUT2D eigenvalue weighted by Gasteiger charge is 2.15. The molecule has 0 aliphatic heterocycles. The molecular formula is C20H19FN2O2. The number of nitrogens with zero attached hydrogens (tertiary/aromatic N) is 1. The predicted molar refractivity (Wildman–Crippen MR) is 93.7 cm³/mol. The van der Waals surface area contributed by atoms with Crippen molar-refractivity contribution in [3.63, 3.8) is 0 Å². The Kier molecular flexibility index (Phi) is 5.05. The molecule has 4 nitrogen and oxygen atoms in total. The summed E-state index contributed by atoms with van der Waals surface area (Å²) in [7, 11) is 0. The highest BCUT2D eigenvalue weighted by atomic mass is 19.1. The predicted octanol–water partition coefficient (Wildman–Crippen LogP) is 4.08. The fraction of sp³-hybridized carbons (Fsp3) is 0.200. The second kappa shape index (κ2) is 7.40. The second-order valence-electron chi connectivity index (χ2n) is 6.10. The van der Waals surface area contributed by atoms with Gasteiger partial charge in [-0.05, 0) is 40.8 Å². The number of rotatable bonds is 6. The minimum absolute atomic E-state index is 0.00901. The molecule has 0 amide bonds. The van der Waals surface area contributed by atoms with Gasteiger partial charge < -0.3 is 5.11 Å². The van der Waals surface area contributed by atoms with Gasteiger partial charge in [0.05, 0.1) is 12.8 Å². The summed E-state index contributed by atoms with van der Waals surface area (Å²) in [4.78, 5) is 12.6. The number of carbonyl (C=O) groups is 1. The van der Waals surface area contributed by atoms with Crippen LogP contribution in [0.2, 0.25) is 0 Å². The number of H-pyrrole nitrogens is 1. The van der Waals surface area contributed by atoms with E-state index in [1.807, 2.05) is 13.0 Å². The first-order valence-electron chi connectivity index (χ1n) is 8.10. The Bertz CT molecular complexity index is 858. The van der Waals surface area contributed by atoms with Gasteiger partial charge in [-0.3, -0.25) is 9.89 Å². The highest BCUT2D eigenvalue weighted by molar-refractivity contribution is 5.97. The summed E-state index contributed by atoms with van der Waals surface area (Å²) < 4.78 is 13.0. The van der Waals surface area contributed by atoms with Crippen molar-refractivity contribution in [3.8, 4) is 11.1 Å². The Morgan fingerprint density at radius 3 is 2.64 bits per heavy atom. The maximum Gasteiger partial charge on any atom is 0.163 e. The van der Waals surface area contributed by atoms with E-state index < -0.39 is 0 Å². The zero-order valence-corrected chi connectivity index (χ0v) is 13.9. The summed E-state index contributed by atoms with van der Waals surface area (Å²) in [5.41, 5.74) is 3.88.